The van der Waals surface area contributed by atoms with Gasteiger partial charge in [0.15, 0.2) is 0 Å². The Kier molecular flexibility index (Phi) is 4.02. The fourth-order valence-electron chi connectivity index (χ4n) is 3.80. The quantitative estimate of drug-likeness (QED) is 0.586. The molecule has 1 amide bonds. The number of hydrogen-bond acceptors (Lipinski definition) is 2. The van der Waals surface area contributed by atoms with Crippen LogP contribution in [0.15, 0.2) is 78.9 Å². The van der Waals surface area contributed by atoms with Crippen LogP contribution in [-0.2, 0) is 6.54 Å². The van der Waals surface area contributed by atoms with Crippen molar-refractivity contribution < 1.29 is 4.79 Å². The number of nitrogens with zero attached hydrogens (tertiary/aromatic N) is 2. The molecule has 0 atom stereocenters. The Morgan fingerprint density at radius 3 is 2.25 bits per heavy atom. The highest BCUT2D eigenvalue weighted by atomic mass is 16.1. The molecule has 3 aromatic carbocycles. The summed E-state index contributed by atoms with van der Waals surface area (Å²) in [5, 5.41) is 2.97. The van der Waals surface area contributed by atoms with Gasteiger partial charge in [-0.25, -0.2) is 4.98 Å². The molecule has 28 heavy (non-hydrogen) atoms. The maximum Gasteiger partial charge on any atom is 0.253 e. The van der Waals surface area contributed by atoms with E-state index in [1.807, 2.05) is 54.6 Å². The highest BCUT2D eigenvalue weighted by Gasteiger charge is 2.20. The minimum Gasteiger partial charge on any atom is -0.350 e. The molecule has 1 N–H and O–H groups in total. The maximum atomic E-state index is 12.4. The number of benzene rings is 3. The van der Waals surface area contributed by atoms with Gasteiger partial charge in [-0.15, -0.1) is 0 Å². The number of nitrogens with one attached hydrogen (secondary N) is 1. The Morgan fingerprint density at radius 2 is 1.57 bits per heavy atom. The zero-order chi connectivity index (χ0) is 18.9. The first-order valence-corrected chi connectivity index (χ1v) is 9.41. The van der Waals surface area contributed by atoms with Crippen LogP contribution in [0.1, 0.15) is 27.3 Å². The SMILES string of the molecule is O=C1NCCn2c(C=C(c3ccccc3)c3ccccc3)nc3cccc1c32. The summed E-state index contributed by atoms with van der Waals surface area (Å²) in [7, 11) is 0. The topological polar surface area (TPSA) is 46.9 Å². The number of amides is 1. The largest absolute Gasteiger partial charge is 0.350 e. The second-order valence-corrected chi connectivity index (χ2v) is 6.84. The summed E-state index contributed by atoms with van der Waals surface area (Å²) in [6, 6.07) is 26.4. The Hall–Kier alpha value is -3.66. The molecule has 136 valence electrons. The summed E-state index contributed by atoms with van der Waals surface area (Å²) in [6.07, 6.45) is 2.13. The van der Waals surface area contributed by atoms with Crippen LogP contribution in [0, 0.1) is 0 Å². The summed E-state index contributed by atoms with van der Waals surface area (Å²) in [5.74, 6) is 0.827. The molecule has 0 unspecified atom stereocenters. The Labute approximate surface area is 163 Å². The van der Waals surface area contributed by atoms with Gasteiger partial charge in [0.25, 0.3) is 5.91 Å². The molecule has 1 aliphatic rings. The van der Waals surface area contributed by atoms with Crippen LogP contribution >= 0.6 is 0 Å². The van der Waals surface area contributed by atoms with Crippen molar-refractivity contribution in [2.75, 3.05) is 6.54 Å². The third-order valence-electron chi connectivity index (χ3n) is 5.10. The smallest absolute Gasteiger partial charge is 0.253 e. The van der Waals surface area contributed by atoms with Gasteiger partial charge in [-0.05, 0) is 34.9 Å². The van der Waals surface area contributed by atoms with Gasteiger partial charge >= 0.3 is 0 Å². The molecule has 2 heterocycles. The second-order valence-electron chi connectivity index (χ2n) is 6.84. The number of imidazole rings is 1. The van der Waals surface area contributed by atoms with Gasteiger partial charge in [0.2, 0.25) is 0 Å². The van der Waals surface area contributed by atoms with Gasteiger partial charge in [0.1, 0.15) is 5.82 Å². The monoisotopic (exact) mass is 365 g/mol. The minimum absolute atomic E-state index is 0.0360. The molecule has 1 aromatic heterocycles. The van der Waals surface area contributed by atoms with Crippen molar-refractivity contribution in [2.45, 2.75) is 6.54 Å². The van der Waals surface area contributed by atoms with Crippen LogP contribution in [-0.4, -0.2) is 22.0 Å². The van der Waals surface area contributed by atoms with Gasteiger partial charge in [-0.2, -0.15) is 0 Å². The van der Waals surface area contributed by atoms with Crippen molar-refractivity contribution in [3.05, 3.63) is 101 Å². The predicted molar refractivity (Wildman–Crippen MR) is 112 cm³/mol. The molecular weight excluding hydrogens is 346 g/mol. The molecule has 0 spiro atoms. The summed E-state index contributed by atoms with van der Waals surface area (Å²) >= 11 is 0. The Balaban J connectivity index is 1.76. The van der Waals surface area contributed by atoms with E-state index in [1.54, 1.807) is 0 Å². The molecular formula is C24H19N3O. The number of carbonyl (C=O) groups is 1. The van der Waals surface area contributed by atoms with E-state index in [9.17, 15) is 4.79 Å². The number of carbonyl (C=O) groups excluding carboxylic acids is 1. The summed E-state index contributed by atoms with van der Waals surface area (Å²) in [6.45, 7) is 1.29. The van der Waals surface area contributed by atoms with Crippen LogP contribution in [0.2, 0.25) is 0 Å². The lowest BCUT2D eigenvalue weighted by Gasteiger charge is -2.10. The van der Waals surface area contributed by atoms with E-state index in [0.717, 1.165) is 33.6 Å². The minimum atomic E-state index is -0.0360. The van der Waals surface area contributed by atoms with Gasteiger partial charge in [-0.3, -0.25) is 4.79 Å². The van der Waals surface area contributed by atoms with Crippen molar-refractivity contribution >= 4 is 28.6 Å². The lowest BCUT2D eigenvalue weighted by atomic mass is 9.97. The summed E-state index contributed by atoms with van der Waals surface area (Å²) < 4.78 is 2.15. The molecule has 4 aromatic rings. The van der Waals surface area contributed by atoms with Crippen LogP contribution in [0.5, 0.6) is 0 Å². The molecule has 0 saturated carbocycles. The molecule has 1 aliphatic heterocycles. The van der Waals surface area contributed by atoms with Crippen LogP contribution in [0.4, 0.5) is 0 Å². The van der Waals surface area contributed by atoms with Crippen molar-refractivity contribution in [3.63, 3.8) is 0 Å². The molecule has 0 radical (unpaired) electrons. The first kappa shape index (κ1) is 16.5. The number of rotatable bonds is 3. The van der Waals surface area contributed by atoms with Gasteiger partial charge in [-0.1, -0.05) is 66.7 Å². The molecule has 4 heteroatoms. The molecule has 4 nitrogen and oxygen atoms in total. The van der Waals surface area contributed by atoms with Gasteiger partial charge in [0, 0.05) is 13.1 Å². The Bertz CT molecular complexity index is 1150. The molecule has 0 fully saturated rings. The number of hydrogen-bond donors (Lipinski definition) is 1. The van der Waals surface area contributed by atoms with E-state index in [0.29, 0.717) is 18.7 Å². The highest BCUT2D eigenvalue weighted by Crippen LogP contribution is 2.29. The molecule has 0 aliphatic carbocycles. The average Bonchev–Trinajstić information content (AvgIpc) is 3.00. The van der Waals surface area contributed by atoms with Crippen molar-refractivity contribution in [1.82, 2.24) is 14.9 Å². The molecule has 0 bridgehead atoms. The fourth-order valence-corrected chi connectivity index (χ4v) is 3.80. The second kappa shape index (κ2) is 6.82. The lowest BCUT2D eigenvalue weighted by molar-refractivity contribution is 0.0956. The number of para-hydroxylation sites is 1. The van der Waals surface area contributed by atoms with E-state index in [4.69, 9.17) is 4.98 Å². The number of aromatic nitrogens is 2. The normalized spacial score (nSPS) is 13.1. The fraction of sp³-hybridized carbons (Fsp3) is 0.0833. The summed E-state index contributed by atoms with van der Waals surface area (Å²) in [4.78, 5) is 17.3. The van der Waals surface area contributed by atoms with Gasteiger partial charge in [0.05, 0.1) is 16.6 Å². The maximum absolute atomic E-state index is 12.4. The molecule has 5 rings (SSSR count). The molecule has 0 saturated heterocycles. The standard InChI is InChI=1S/C24H19N3O/c28-24-19-12-7-13-21-23(19)27(15-14-25-24)22(26-21)16-20(17-8-3-1-4-9-17)18-10-5-2-6-11-18/h1-13,16H,14-15H2,(H,25,28). The van der Waals surface area contributed by atoms with Crippen LogP contribution < -0.4 is 5.32 Å². The van der Waals surface area contributed by atoms with E-state index in [-0.39, 0.29) is 5.91 Å². The van der Waals surface area contributed by atoms with Crippen LogP contribution in [0.3, 0.4) is 0 Å². The van der Waals surface area contributed by atoms with E-state index < -0.39 is 0 Å². The summed E-state index contributed by atoms with van der Waals surface area (Å²) in [5.41, 5.74) is 5.82. The van der Waals surface area contributed by atoms with E-state index in [2.05, 4.69) is 40.2 Å². The zero-order valence-electron chi connectivity index (χ0n) is 15.3. The third kappa shape index (κ3) is 2.79. The predicted octanol–water partition coefficient (Wildman–Crippen LogP) is 4.37. The van der Waals surface area contributed by atoms with E-state index in [1.165, 1.54) is 0 Å². The average molecular weight is 365 g/mol. The highest BCUT2D eigenvalue weighted by molar-refractivity contribution is 6.06. The lowest BCUT2D eigenvalue weighted by Crippen LogP contribution is -2.24. The van der Waals surface area contributed by atoms with E-state index >= 15 is 0 Å². The third-order valence-corrected chi connectivity index (χ3v) is 5.10. The zero-order valence-corrected chi connectivity index (χ0v) is 15.3. The first-order valence-electron chi connectivity index (χ1n) is 9.41. The Morgan fingerprint density at radius 1 is 0.893 bits per heavy atom. The van der Waals surface area contributed by atoms with Gasteiger partial charge < -0.3 is 9.88 Å². The van der Waals surface area contributed by atoms with Crippen molar-refractivity contribution in [2.24, 2.45) is 0 Å². The van der Waals surface area contributed by atoms with Crippen molar-refractivity contribution in [1.29, 1.82) is 0 Å². The van der Waals surface area contributed by atoms with Crippen molar-refractivity contribution in [3.8, 4) is 0 Å². The van der Waals surface area contributed by atoms with Crippen LogP contribution in [0.25, 0.3) is 22.7 Å². The first-order chi connectivity index (χ1) is 13.8.